The summed E-state index contributed by atoms with van der Waals surface area (Å²) in [4.78, 5) is 18.2. The Hall–Kier alpha value is -1.90. The molecule has 19 heavy (non-hydrogen) atoms. The highest BCUT2D eigenvalue weighted by Gasteiger charge is 2.19. The molecule has 1 aromatic heterocycles. The van der Waals surface area contributed by atoms with Gasteiger partial charge in [-0.25, -0.2) is 0 Å². The first kappa shape index (κ1) is 12.2. The molecule has 0 saturated heterocycles. The smallest absolute Gasteiger partial charge is 0.219 e. The number of hydrogen-bond donors (Lipinski definition) is 0. The molecule has 1 aromatic carbocycles. The standard InChI is InChI=1S/C16H18N2O/c1-11-13-5-3-4-6-15(13)17-16-8-10-18(12(2)19)9-7-14(11)16/h3-6H,7-10H2,1-2H3. The first-order chi connectivity index (χ1) is 9.16. The van der Waals surface area contributed by atoms with Crippen LogP contribution >= 0.6 is 0 Å². The number of carbonyl (C=O) groups is 1. The zero-order valence-corrected chi connectivity index (χ0v) is 11.4. The summed E-state index contributed by atoms with van der Waals surface area (Å²) >= 11 is 0. The highest BCUT2D eigenvalue weighted by Crippen LogP contribution is 2.25. The van der Waals surface area contributed by atoms with Crippen molar-refractivity contribution in [1.82, 2.24) is 9.88 Å². The Bertz CT molecular complexity index is 648. The van der Waals surface area contributed by atoms with Crippen molar-refractivity contribution in [1.29, 1.82) is 0 Å². The van der Waals surface area contributed by atoms with Crippen LogP contribution in [0.2, 0.25) is 0 Å². The van der Waals surface area contributed by atoms with Gasteiger partial charge in [-0.05, 0) is 30.5 Å². The number of benzene rings is 1. The lowest BCUT2D eigenvalue weighted by Gasteiger charge is -2.17. The fraction of sp³-hybridized carbons (Fsp3) is 0.375. The summed E-state index contributed by atoms with van der Waals surface area (Å²) in [6.45, 7) is 5.41. The Labute approximate surface area is 113 Å². The van der Waals surface area contributed by atoms with Gasteiger partial charge < -0.3 is 4.90 Å². The lowest BCUT2D eigenvalue weighted by Crippen LogP contribution is -2.31. The van der Waals surface area contributed by atoms with Crippen LogP contribution in [0.25, 0.3) is 10.9 Å². The molecule has 1 aliphatic rings. The first-order valence-corrected chi connectivity index (χ1v) is 6.79. The Morgan fingerprint density at radius 3 is 2.74 bits per heavy atom. The number of rotatable bonds is 0. The minimum atomic E-state index is 0.162. The van der Waals surface area contributed by atoms with Gasteiger partial charge in [0.15, 0.2) is 0 Å². The molecule has 3 heteroatoms. The van der Waals surface area contributed by atoms with Crippen LogP contribution in [0.3, 0.4) is 0 Å². The minimum Gasteiger partial charge on any atom is -0.342 e. The fourth-order valence-electron chi connectivity index (χ4n) is 2.93. The lowest BCUT2D eigenvalue weighted by atomic mass is 9.99. The molecule has 0 atom stereocenters. The highest BCUT2D eigenvalue weighted by molar-refractivity contribution is 5.83. The van der Waals surface area contributed by atoms with E-state index >= 15 is 0 Å². The zero-order valence-electron chi connectivity index (χ0n) is 11.4. The zero-order chi connectivity index (χ0) is 13.4. The van der Waals surface area contributed by atoms with E-state index in [1.54, 1.807) is 6.92 Å². The van der Waals surface area contributed by atoms with Crippen molar-refractivity contribution >= 4 is 16.8 Å². The molecule has 0 radical (unpaired) electrons. The summed E-state index contributed by atoms with van der Waals surface area (Å²) in [5, 5.41) is 1.23. The second kappa shape index (κ2) is 4.65. The average Bonchev–Trinajstić information content (AvgIpc) is 2.62. The van der Waals surface area contributed by atoms with Crippen LogP contribution in [-0.2, 0) is 17.6 Å². The van der Waals surface area contributed by atoms with Crippen molar-refractivity contribution in [3.8, 4) is 0 Å². The normalized spacial score (nSPS) is 15.2. The van der Waals surface area contributed by atoms with Gasteiger partial charge >= 0.3 is 0 Å². The number of aromatic nitrogens is 1. The number of nitrogens with zero attached hydrogens (tertiary/aromatic N) is 2. The summed E-state index contributed by atoms with van der Waals surface area (Å²) in [7, 11) is 0. The van der Waals surface area contributed by atoms with E-state index < -0.39 is 0 Å². The Morgan fingerprint density at radius 2 is 1.95 bits per heavy atom. The maximum Gasteiger partial charge on any atom is 0.219 e. The Balaban J connectivity index is 2.09. The van der Waals surface area contributed by atoms with E-state index in [1.165, 1.54) is 22.2 Å². The molecule has 0 unspecified atom stereocenters. The van der Waals surface area contributed by atoms with Crippen LogP contribution in [-0.4, -0.2) is 28.9 Å². The third kappa shape index (κ3) is 2.09. The Kier molecular flexibility index (Phi) is 2.97. The second-order valence-electron chi connectivity index (χ2n) is 5.19. The number of para-hydroxylation sites is 1. The monoisotopic (exact) mass is 254 g/mol. The quantitative estimate of drug-likeness (QED) is 0.723. The van der Waals surface area contributed by atoms with Crippen molar-refractivity contribution < 1.29 is 4.79 Å². The Morgan fingerprint density at radius 1 is 1.21 bits per heavy atom. The highest BCUT2D eigenvalue weighted by atomic mass is 16.2. The number of carbonyl (C=O) groups excluding carboxylic acids is 1. The summed E-state index contributed by atoms with van der Waals surface area (Å²) in [5.41, 5.74) is 4.89. The van der Waals surface area contributed by atoms with Crippen molar-refractivity contribution in [3.63, 3.8) is 0 Å². The van der Waals surface area contributed by atoms with Gasteiger partial charge in [0, 0.05) is 37.5 Å². The fourth-order valence-corrected chi connectivity index (χ4v) is 2.93. The minimum absolute atomic E-state index is 0.162. The summed E-state index contributed by atoms with van der Waals surface area (Å²) in [6, 6.07) is 8.28. The molecule has 2 aromatic rings. The molecule has 3 nitrogen and oxygen atoms in total. The summed E-state index contributed by atoms with van der Waals surface area (Å²) < 4.78 is 0. The second-order valence-corrected chi connectivity index (χ2v) is 5.19. The maximum absolute atomic E-state index is 11.5. The van der Waals surface area contributed by atoms with E-state index in [4.69, 9.17) is 4.98 Å². The van der Waals surface area contributed by atoms with Crippen LogP contribution in [0.5, 0.6) is 0 Å². The van der Waals surface area contributed by atoms with Gasteiger partial charge in [-0.2, -0.15) is 0 Å². The molecule has 0 bridgehead atoms. The van der Waals surface area contributed by atoms with Gasteiger partial charge in [-0.15, -0.1) is 0 Å². The van der Waals surface area contributed by atoms with E-state index in [9.17, 15) is 4.79 Å². The van der Waals surface area contributed by atoms with E-state index in [2.05, 4.69) is 25.1 Å². The van der Waals surface area contributed by atoms with E-state index in [-0.39, 0.29) is 5.91 Å². The van der Waals surface area contributed by atoms with Gasteiger partial charge in [-0.3, -0.25) is 9.78 Å². The summed E-state index contributed by atoms with van der Waals surface area (Å²) in [5.74, 6) is 0.162. The third-order valence-corrected chi connectivity index (χ3v) is 4.06. The molecule has 0 saturated carbocycles. The molecule has 2 heterocycles. The van der Waals surface area contributed by atoms with Gasteiger partial charge in [0.1, 0.15) is 0 Å². The first-order valence-electron chi connectivity index (χ1n) is 6.79. The topological polar surface area (TPSA) is 33.2 Å². The van der Waals surface area contributed by atoms with Crippen molar-refractivity contribution in [2.75, 3.05) is 13.1 Å². The van der Waals surface area contributed by atoms with Crippen molar-refractivity contribution in [3.05, 3.63) is 41.1 Å². The molecule has 0 spiro atoms. The van der Waals surface area contributed by atoms with Crippen LogP contribution in [0, 0.1) is 6.92 Å². The number of pyridine rings is 1. The average molecular weight is 254 g/mol. The maximum atomic E-state index is 11.5. The van der Waals surface area contributed by atoms with Crippen molar-refractivity contribution in [2.45, 2.75) is 26.7 Å². The predicted octanol–water partition coefficient (Wildman–Crippen LogP) is 2.49. The molecule has 0 aliphatic carbocycles. The molecule has 98 valence electrons. The van der Waals surface area contributed by atoms with Gasteiger partial charge in [0.05, 0.1) is 5.52 Å². The van der Waals surface area contributed by atoms with E-state index in [1.807, 2.05) is 11.0 Å². The lowest BCUT2D eigenvalue weighted by molar-refractivity contribution is -0.128. The number of aryl methyl sites for hydroxylation is 1. The molecule has 3 rings (SSSR count). The number of fused-ring (bicyclic) bond motifs is 2. The SMILES string of the molecule is CC(=O)N1CCc2nc3ccccc3c(C)c2CC1. The van der Waals surface area contributed by atoms with E-state index in [0.717, 1.165) is 31.4 Å². The van der Waals surface area contributed by atoms with Crippen LogP contribution in [0.1, 0.15) is 23.7 Å². The molecule has 1 amide bonds. The molecular formula is C16H18N2O. The van der Waals surface area contributed by atoms with Gasteiger partial charge in [-0.1, -0.05) is 18.2 Å². The summed E-state index contributed by atoms with van der Waals surface area (Å²) in [6.07, 6.45) is 1.78. The molecule has 0 fully saturated rings. The largest absolute Gasteiger partial charge is 0.342 e. The number of amides is 1. The van der Waals surface area contributed by atoms with Crippen LogP contribution in [0.15, 0.2) is 24.3 Å². The van der Waals surface area contributed by atoms with E-state index in [0.29, 0.717) is 0 Å². The number of hydrogen-bond acceptors (Lipinski definition) is 2. The predicted molar refractivity (Wildman–Crippen MR) is 76.1 cm³/mol. The van der Waals surface area contributed by atoms with Crippen molar-refractivity contribution in [2.24, 2.45) is 0 Å². The molecule has 1 aliphatic heterocycles. The van der Waals surface area contributed by atoms with Gasteiger partial charge in [0.2, 0.25) is 5.91 Å². The molecule has 0 N–H and O–H groups in total. The third-order valence-electron chi connectivity index (χ3n) is 4.06. The van der Waals surface area contributed by atoms with Crippen LogP contribution < -0.4 is 0 Å². The molecular weight excluding hydrogens is 236 g/mol. The van der Waals surface area contributed by atoms with Gasteiger partial charge in [0.25, 0.3) is 0 Å². The van der Waals surface area contributed by atoms with Crippen LogP contribution in [0.4, 0.5) is 0 Å².